The Morgan fingerprint density at radius 1 is 1.24 bits per heavy atom. The van der Waals surface area contributed by atoms with Gasteiger partial charge in [0.1, 0.15) is 18.1 Å². The summed E-state index contributed by atoms with van der Waals surface area (Å²) in [5.41, 5.74) is -2.66. The number of rotatable bonds is 7. The van der Waals surface area contributed by atoms with Crippen molar-refractivity contribution in [2.75, 3.05) is 13.1 Å². The first kappa shape index (κ1) is 26.6. The number of carbonyl (C=O) groups is 4. The molecule has 5 rings (SSSR count). The molecule has 2 saturated carbocycles. The molecule has 10 heteroatoms. The Bertz CT molecular complexity index is 1090. The van der Waals surface area contributed by atoms with Crippen LogP contribution in [0.3, 0.4) is 0 Å². The summed E-state index contributed by atoms with van der Waals surface area (Å²) in [5.74, 6) is -1.55. The molecule has 2 bridgehead atoms. The number of fused-ring (bicyclic) bond motifs is 5. The van der Waals surface area contributed by atoms with Crippen LogP contribution >= 0.6 is 0 Å². The zero-order valence-corrected chi connectivity index (χ0v) is 22.3. The van der Waals surface area contributed by atoms with Crippen LogP contribution in [0.2, 0.25) is 0 Å². The van der Waals surface area contributed by atoms with Crippen LogP contribution in [0.25, 0.3) is 0 Å². The second-order valence-corrected chi connectivity index (χ2v) is 12.9. The number of halogens is 1. The Kier molecular flexibility index (Phi) is 6.77. The third-order valence-corrected chi connectivity index (χ3v) is 9.44. The fourth-order valence-corrected chi connectivity index (χ4v) is 7.12. The van der Waals surface area contributed by atoms with Crippen molar-refractivity contribution in [1.29, 1.82) is 5.26 Å². The highest BCUT2D eigenvalue weighted by Gasteiger charge is 2.59. The molecule has 3 aliphatic carbocycles. The third-order valence-electron chi connectivity index (χ3n) is 9.44. The van der Waals surface area contributed by atoms with E-state index in [1.807, 2.05) is 20.8 Å². The van der Waals surface area contributed by atoms with E-state index in [9.17, 15) is 28.8 Å². The van der Waals surface area contributed by atoms with Crippen LogP contribution in [-0.4, -0.2) is 65.4 Å². The number of allylic oxidation sites excluding steroid dienone is 2. The lowest BCUT2D eigenvalue weighted by Crippen LogP contribution is -2.62. The Morgan fingerprint density at radius 3 is 2.53 bits per heavy atom. The largest absolute Gasteiger partial charge is 0.356 e. The molecule has 3 N–H and O–H groups in total. The molecule has 4 fully saturated rings. The Hall–Kier alpha value is -2.96. The first-order valence-corrected chi connectivity index (χ1v) is 13.9. The molecule has 8 atom stereocenters. The Morgan fingerprint density at radius 2 is 1.95 bits per heavy atom. The first-order valence-electron chi connectivity index (χ1n) is 13.9. The predicted octanol–water partition coefficient (Wildman–Crippen LogP) is 1.59. The van der Waals surface area contributed by atoms with Gasteiger partial charge in [-0.2, -0.15) is 5.26 Å². The van der Waals surface area contributed by atoms with Gasteiger partial charge in [0.05, 0.1) is 6.07 Å². The molecule has 5 aliphatic rings. The summed E-state index contributed by atoms with van der Waals surface area (Å²) in [4.78, 5) is 54.3. The molecule has 0 spiro atoms. The van der Waals surface area contributed by atoms with Gasteiger partial charge in [0.2, 0.25) is 17.7 Å². The molecule has 0 aromatic carbocycles. The highest BCUT2D eigenvalue weighted by atomic mass is 19.1. The van der Waals surface area contributed by atoms with Crippen molar-refractivity contribution in [2.45, 2.75) is 83.1 Å². The molecule has 206 valence electrons. The number of nitrogens with one attached hydrogen (secondary N) is 3. The van der Waals surface area contributed by atoms with Crippen LogP contribution in [0.1, 0.15) is 59.3 Å². The topological polar surface area (TPSA) is 131 Å². The summed E-state index contributed by atoms with van der Waals surface area (Å²) in [6, 6.07) is -0.544. The summed E-state index contributed by atoms with van der Waals surface area (Å²) < 4.78 is 14.9. The van der Waals surface area contributed by atoms with Crippen molar-refractivity contribution in [3.05, 3.63) is 12.2 Å². The van der Waals surface area contributed by atoms with Crippen molar-refractivity contribution in [1.82, 2.24) is 20.9 Å². The molecular formula is C28H38FN5O4. The second-order valence-electron chi connectivity index (χ2n) is 12.9. The van der Waals surface area contributed by atoms with Crippen LogP contribution in [0.15, 0.2) is 12.2 Å². The molecule has 0 aromatic rings. The Balaban J connectivity index is 1.38. The molecule has 0 radical (unpaired) electrons. The van der Waals surface area contributed by atoms with Gasteiger partial charge in [-0.15, -0.1) is 0 Å². The lowest BCUT2D eigenvalue weighted by Gasteiger charge is -2.39. The number of carbonyl (C=O) groups excluding carboxylic acids is 4. The highest BCUT2D eigenvalue weighted by Crippen LogP contribution is 2.54. The van der Waals surface area contributed by atoms with E-state index in [1.165, 1.54) is 0 Å². The number of likely N-dealkylation sites (tertiary alicyclic amines) is 1. The second kappa shape index (κ2) is 9.65. The molecule has 38 heavy (non-hydrogen) atoms. The molecule has 9 nitrogen and oxygen atoms in total. The molecule has 2 aliphatic heterocycles. The first-order chi connectivity index (χ1) is 17.9. The summed E-state index contributed by atoms with van der Waals surface area (Å²) in [5, 5.41) is 18.0. The van der Waals surface area contributed by atoms with Gasteiger partial charge >= 0.3 is 0 Å². The van der Waals surface area contributed by atoms with E-state index >= 15 is 0 Å². The fraction of sp³-hybridized carbons (Fsp3) is 0.750. The van der Waals surface area contributed by atoms with Gasteiger partial charge in [-0.25, -0.2) is 4.39 Å². The minimum Gasteiger partial charge on any atom is -0.356 e. The maximum atomic E-state index is 14.9. The van der Waals surface area contributed by atoms with Gasteiger partial charge in [0.25, 0.3) is 5.91 Å². The smallest absolute Gasteiger partial charge is 0.258 e. The van der Waals surface area contributed by atoms with Gasteiger partial charge in [-0.05, 0) is 67.6 Å². The van der Waals surface area contributed by atoms with Gasteiger partial charge in [-0.1, -0.05) is 32.9 Å². The number of alkyl halides is 1. The number of amides is 4. The summed E-state index contributed by atoms with van der Waals surface area (Å²) in [7, 11) is 0. The van der Waals surface area contributed by atoms with E-state index in [1.54, 1.807) is 4.90 Å². The number of nitriles is 1. The van der Waals surface area contributed by atoms with E-state index in [-0.39, 0.29) is 54.8 Å². The molecular weight excluding hydrogens is 489 g/mol. The minimum atomic E-state index is -1.95. The normalized spacial score (nSPS) is 34.1. The van der Waals surface area contributed by atoms with Crippen molar-refractivity contribution < 1.29 is 23.6 Å². The fourth-order valence-electron chi connectivity index (χ4n) is 7.12. The lowest BCUT2D eigenvalue weighted by molar-refractivity contribution is -0.149. The molecule has 4 amide bonds. The predicted molar refractivity (Wildman–Crippen MR) is 136 cm³/mol. The van der Waals surface area contributed by atoms with Crippen LogP contribution in [0.4, 0.5) is 4.39 Å². The summed E-state index contributed by atoms with van der Waals surface area (Å²) in [6.07, 6.45) is 6.98. The maximum Gasteiger partial charge on any atom is 0.258 e. The van der Waals surface area contributed by atoms with Gasteiger partial charge in [-0.3, -0.25) is 19.2 Å². The molecule has 8 unspecified atom stereocenters. The van der Waals surface area contributed by atoms with Gasteiger partial charge in [0, 0.05) is 19.0 Å². The van der Waals surface area contributed by atoms with E-state index in [0.717, 1.165) is 6.42 Å². The van der Waals surface area contributed by atoms with Crippen molar-refractivity contribution in [3.63, 3.8) is 0 Å². The average molecular weight is 528 g/mol. The number of nitrogens with zero attached hydrogens (tertiary/aromatic N) is 2. The van der Waals surface area contributed by atoms with Gasteiger partial charge < -0.3 is 20.9 Å². The zero-order valence-electron chi connectivity index (χ0n) is 22.3. The van der Waals surface area contributed by atoms with Crippen molar-refractivity contribution >= 4 is 23.6 Å². The van der Waals surface area contributed by atoms with Crippen LogP contribution in [0, 0.1) is 46.3 Å². The quantitative estimate of drug-likeness (QED) is 0.433. The molecule has 0 aromatic heterocycles. The van der Waals surface area contributed by atoms with Crippen molar-refractivity contribution in [2.24, 2.45) is 35.0 Å². The maximum absolute atomic E-state index is 14.9. The third kappa shape index (κ3) is 4.58. The van der Waals surface area contributed by atoms with Gasteiger partial charge in [0.15, 0.2) is 5.67 Å². The van der Waals surface area contributed by atoms with E-state index in [0.29, 0.717) is 25.9 Å². The SMILES string of the molecule is CC(C)(C)C(NC(=O)C1(F)CCC1)C(=O)N1CC2C3C=CC(C3)C2C1C(=O)NC(C#N)CC1CCNC1=O. The zero-order chi connectivity index (χ0) is 27.4. The number of hydrogen-bond acceptors (Lipinski definition) is 5. The van der Waals surface area contributed by atoms with Crippen LogP contribution in [-0.2, 0) is 19.2 Å². The van der Waals surface area contributed by atoms with Crippen LogP contribution in [0.5, 0.6) is 0 Å². The molecule has 2 heterocycles. The van der Waals surface area contributed by atoms with E-state index < -0.39 is 46.9 Å². The molecule has 2 saturated heterocycles. The van der Waals surface area contributed by atoms with E-state index in [2.05, 4.69) is 34.2 Å². The average Bonchev–Trinajstić information content (AvgIpc) is 3.61. The minimum absolute atomic E-state index is 0.0847. The van der Waals surface area contributed by atoms with Crippen LogP contribution < -0.4 is 16.0 Å². The number of hydrogen-bond donors (Lipinski definition) is 3. The van der Waals surface area contributed by atoms with Crippen molar-refractivity contribution in [3.8, 4) is 6.07 Å². The van der Waals surface area contributed by atoms with E-state index in [4.69, 9.17) is 0 Å². The summed E-state index contributed by atoms with van der Waals surface area (Å²) >= 11 is 0. The monoisotopic (exact) mass is 527 g/mol. The lowest BCUT2D eigenvalue weighted by atomic mass is 9.79. The Labute approximate surface area is 222 Å². The summed E-state index contributed by atoms with van der Waals surface area (Å²) in [6.45, 7) is 6.38. The highest BCUT2D eigenvalue weighted by molar-refractivity contribution is 5.95. The standard InChI is InChI=1S/C28H38FN5O4/c1-27(2,3)22(33-26(38)28(29)8-4-9-28)25(37)34-14-19-15-5-6-16(11-15)20(19)21(34)24(36)32-18(13-30)12-17-7-10-31-23(17)35/h5-6,15-22H,4,7-12,14H2,1-3H3,(H,31,35)(H,32,36)(H,33,38).